The number of nitrogens with two attached hydrogens (primary N) is 1. The number of hydrogen-bond donors (Lipinski definition) is 2. The third-order valence-corrected chi connectivity index (χ3v) is 3.00. The lowest BCUT2D eigenvalue weighted by Crippen LogP contribution is -2.15. The maximum atomic E-state index is 7.60. The van der Waals surface area contributed by atoms with Gasteiger partial charge in [-0.25, -0.2) is 4.98 Å². The van der Waals surface area contributed by atoms with Crippen LogP contribution in [0.3, 0.4) is 0 Å². The lowest BCUT2D eigenvalue weighted by atomic mass is 10.1. The molecule has 2 rings (SSSR count). The Morgan fingerprint density at radius 3 is 2.74 bits per heavy atom. The summed E-state index contributed by atoms with van der Waals surface area (Å²) in [5, 5.41) is 8.09. The highest BCUT2D eigenvalue weighted by atomic mass is 35.5. The van der Waals surface area contributed by atoms with E-state index in [2.05, 4.69) is 4.98 Å². The summed E-state index contributed by atoms with van der Waals surface area (Å²) >= 11 is 6.08. The molecule has 19 heavy (non-hydrogen) atoms. The fraction of sp³-hybridized carbons (Fsp3) is 0.143. The molecule has 1 aromatic carbocycles. The molecule has 0 bridgehead atoms. The number of rotatable bonds is 3. The van der Waals surface area contributed by atoms with E-state index in [-0.39, 0.29) is 5.84 Å². The molecule has 0 aliphatic rings. The predicted molar refractivity (Wildman–Crippen MR) is 76.3 cm³/mol. The van der Waals surface area contributed by atoms with Crippen LogP contribution in [0, 0.1) is 19.3 Å². The molecule has 5 heteroatoms. The van der Waals surface area contributed by atoms with Gasteiger partial charge in [-0.2, -0.15) is 0 Å². The first-order valence-corrected chi connectivity index (χ1v) is 6.11. The number of nitrogen functional groups attached to an aromatic ring is 1. The number of aryl methyl sites for hydroxylation is 2. The molecular formula is C14H14ClN3O. The molecule has 1 heterocycles. The molecule has 2 aromatic rings. The summed E-state index contributed by atoms with van der Waals surface area (Å²) in [6.07, 6.45) is 1.61. The highest BCUT2D eigenvalue weighted by Gasteiger charge is 2.13. The minimum Gasteiger partial charge on any atom is -0.437 e. The molecule has 0 aliphatic carbocycles. The summed E-state index contributed by atoms with van der Waals surface area (Å²) in [6, 6.07) is 7.25. The first-order chi connectivity index (χ1) is 8.99. The summed E-state index contributed by atoms with van der Waals surface area (Å²) in [5.74, 6) is 0.714. The van der Waals surface area contributed by atoms with Crippen LogP contribution in [-0.2, 0) is 0 Å². The lowest BCUT2D eigenvalue weighted by Gasteiger charge is -2.12. The van der Waals surface area contributed by atoms with Crippen LogP contribution >= 0.6 is 11.6 Å². The van der Waals surface area contributed by atoms with E-state index in [1.807, 2.05) is 26.0 Å². The van der Waals surface area contributed by atoms with Gasteiger partial charge in [-0.3, -0.25) is 5.41 Å². The monoisotopic (exact) mass is 275 g/mol. The number of hydrogen-bond acceptors (Lipinski definition) is 3. The zero-order valence-electron chi connectivity index (χ0n) is 10.7. The Hall–Kier alpha value is -2.07. The predicted octanol–water partition coefficient (Wildman–Crippen LogP) is 3.43. The van der Waals surface area contributed by atoms with Crippen molar-refractivity contribution in [1.29, 1.82) is 5.41 Å². The normalized spacial score (nSPS) is 10.3. The highest BCUT2D eigenvalue weighted by molar-refractivity contribution is 6.32. The van der Waals surface area contributed by atoms with Crippen molar-refractivity contribution in [2.75, 3.05) is 0 Å². The summed E-state index contributed by atoms with van der Waals surface area (Å²) in [4.78, 5) is 4.13. The van der Waals surface area contributed by atoms with Crippen molar-refractivity contribution in [1.82, 2.24) is 4.98 Å². The minimum absolute atomic E-state index is 0.0793. The molecule has 3 N–H and O–H groups in total. The second-order valence-corrected chi connectivity index (χ2v) is 4.66. The van der Waals surface area contributed by atoms with Crippen molar-refractivity contribution in [2.45, 2.75) is 13.8 Å². The average Bonchev–Trinajstić information content (AvgIpc) is 2.33. The maximum Gasteiger partial charge on any atom is 0.230 e. The summed E-state index contributed by atoms with van der Waals surface area (Å²) in [7, 11) is 0. The van der Waals surface area contributed by atoms with Crippen molar-refractivity contribution < 1.29 is 4.74 Å². The smallest absolute Gasteiger partial charge is 0.230 e. The fourth-order valence-electron chi connectivity index (χ4n) is 1.73. The van der Waals surface area contributed by atoms with Crippen molar-refractivity contribution in [2.24, 2.45) is 5.73 Å². The topological polar surface area (TPSA) is 72.0 Å². The third-order valence-electron chi connectivity index (χ3n) is 2.69. The number of aromatic nitrogens is 1. The van der Waals surface area contributed by atoms with E-state index in [0.29, 0.717) is 22.2 Å². The van der Waals surface area contributed by atoms with Gasteiger partial charge in [-0.1, -0.05) is 17.7 Å². The maximum absolute atomic E-state index is 7.60. The standard InChI is InChI=1S/C14H14ClN3O/c1-8-3-4-10(15)11(7-8)19-14-12(13(16)17)9(2)5-6-18-14/h3-7H,1-2H3,(H3,16,17). The number of ether oxygens (including phenoxy) is 1. The van der Waals surface area contributed by atoms with Gasteiger partial charge in [0.05, 0.1) is 10.6 Å². The molecular weight excluding hydrogens is 262 g/mol. The van der Waals surface area contributed by atoms with Crippen LogP contribution in [0.15, 0.2) is 30.5 Å². The number of halogens is 1. The van der Waals surface area contributed by atoms with Gasteiger partial charge in [0, 0.05) is 6.20 Å². The molecule has 0 radical (unpaired) electrons. The van der Waals surface area contributed by atoms with Gasteiger partial charge in [0.15, 0.2) is 0 Å². The van der Waals surface area contributed by atoms with Crippen molar-refractivity contribution in [3.63, 3.8) is 0 Å². The van der Waals surface area contributed by atoms with Gasteiger partial charge in [0.1, 0.15) is 11.6 Å². The molecule has 0 aliphatic heterocycles. The molecule has 0 atom stereocenters. The minimum atomic E-state index is -0.0793. The van der Waals surface area contributed by atoms with Crippen LogP contribution in [-0.4, -0.2) is 10.8 Å². The Bertz CT molecular complexity index is 641. The summed E-state index contributed by atoms with van der Waals surface area (Å²) in [6.45, 7) is 3.79. The van der Waals surface area contributed by atoms with E-state index >= 15 is 0 Å². The van der Waals surface area contributed by atoms with Gasteiger partial charge in [0.25, 0.3) is 0 Å². The molecule has 4 nitrogen and oxygen atoms in total. The van der Waals surface area contributed by atoms with Crippen molar-refractivity contribution >= 4 is 17.4 Å². The molecule has 0 saturated carbocycles. The van der Waals surface area contributed by atoms with Gasteiger partial charge < -0.3 is 10.5 Å². The first kappa shape index (κ1) is 13.4. The lowest BCUT2D eigenvalue weighted by molar-refractivity contribution is 0.461. The molecule has 98 valence electrons. The molecule has 0 amide bonds. The molecule has 0 spiro atoms. The SMILES string of the molecule is Cc1ccc(Cl)c(Oc2nccc(C)c2C(=N)N)c1. The summed E-state index contributed by atoms with van der Waals surface area (Å²) < 4.78 is 5.70. The summed E-state index contributed by atoms with van der Waals surface area (Å²) in [5.41, 5.74) is 7.91. The number of nitrogens with zero attached hydrogens (tertiary/aromatic N) is 1. The Morgan fingerprint density at radius 1 is 1.32 bits per heavy atom. The fourth-order valence-corrected chi connectivity index (χ4v) is 1.89. The van der Waals surface area contributed by atoms with Gasteiger partial charge >= 0.3 is 0 Å². The van der Waals surface area contributed by atoms with E-state index < -0.39 is 0 Å². The number of amidine groups is 1. The van der Waals surface area contributed by atoms with Gasteiger partial charge in [0.2, 0.25) is 5.88 Å². The van der Waals surface area contributed by atoms with E-state index in [9.17, 15) is 0 Å². The van der Waals surface area contributed by atoms with Gasteiger partial charge in [-0.05, 0) is 43.2 Å². The highest BCUT2D eigenvalue weighted by Crippen LogP contribution is 2.31. The largest absolute Gasteiger partial charge is 0.437 e. The average molecular weight is 276 g/mol. The van der Waals surface area contributed by atoms with E-state index in [4.69, 9.17) is 27.5 Å². The zero-order valence-corrected chi connectivity index (χ0v) is 11.5. The number of pyridine rings is 1. The molecule has 0 fully saturated rings. The Labute approximate surface area is 116 Å². The van der Waals surface area contributed by atoms with Gasteiger partial charge in [-0.15, -0.1) is 0 Å². The van der Waals surface area contributed by atoms with Crippen LogP contribution in [0.1, 0.15) is 16.7 Å². The first-order valence-electron chi connectivity index (χ1n) is 5.73. The van der Waals surface area contributed by atoms with Crippen molar-refractivity contribution in [3.05, 3.63) is 52.2 Å². The van der Waals surface area contributed by atoms with Crippen molar-refractivity contribution in [3.8, 4) is 11.6 Å². The molecule has 0 unspecified atom stereocenters. The van der Waals surface area contributed by atoms with Crippen LogP contribution in [0.25, 0.3) is 0 Å². The Balaban J connectivity index is 2.46. The van der Waals surface area contributed by atoms with Crippen LogP contribution in [0.5, 0.6) is 11.6 Å². The molecule has 1 aromatic heterocycles. The van der Waals surface area contributed by atoms with E-state index in [1.54, 1.807) is 18.3 Å². The van der Waals surface area contributed by atoms with Crippen LogP contribution in [0.2, 0.25) is 5.02 Å². The second-order valence-electron chi connectivity index (χ2n) is 4.26. The molecule has 0 saturated heterocycles. The van der Waals surface area contributed by atoms with Crippen LogP contribution in [0.4, 0.5) is 0 Å². The Kier molecular flexibility index (Phi) is 3.71. The quantitative estimate of drug-likeness (QED) is 0.666. The zero-order chi connectivity index (χ0) is 14.0. The number of nitrogens with one attached hydrogen (secondary N) is 1. The third kappa shape index (κ3) is 2.85. The van der Waals surface area contributed by atoms with E-state index in [1.165, 1.54) is 0 Å². The number of benzene rings is 1. The van der Waals surface area contributed by atoms with E-state index in [0.717, 1.165) is 11.1 Å². The Morgan fingerprint density at radius 2 is 2.05 bits per heavy atom. The second kappa shape index (κ2) is 5.28. The van der Waals surface area contributed by atoms with Crippen LogP contribution < -0.4 is 10.5 Å².